The highest BCUT2D eigenvalue weighted by Gasteiger charge is 2.14. The van der Waals surface area contributed by atoms with Gasteiger partial charge in [0, 0.05) is 18.2 Å². The molecule has 0 saturated carbocycles. The predicted molar refractivity (Wildman–Crippen MR) is 71.0 cm³/mol. The summed E-state index contributed by atoms with van der Waals surface area (Å²) in [4.78, 5) is 0. The lowest BCUT2D eigenvalue weighted by atomic mass is 10.1. The SMILES string of the molecule is Cl.Oc1cc2cccc[n+]2c2cccc(Cl)c12. The molecule has 4 heteroatoms. The number of hydrogen-bond acceptors (Lipinski definition) is 1. The minimum absolute atomic E-state index is 0. The molecule has 3 aromatic rings. The lowest BCUT2D eigenvalue weighted by Crippen LogP contribution is -2.21. The van der Waals surface area contributed by atoms with Crippen molar-refractivity contribution in [2.24, 2.45) is 0 Å². The van der Waals surface area contributed by atoms with Gasteiger partial charge in [-0.25, -0.2) is 0 Å². The van der Waals surface area contributed by atoms with Crippen molar-refractivity contribution < 1.29 is 9.51 Å². The fourth-order valence-electron chi connectivity index (χ4n) is 1.97. The summed E-state index contributed by atoms with van der Waals surface area (Å²) in [6.45, 7) is 0. The lowest BCUT2D eigenvalue weighted by molar-refractivity contribution is -0.481. The van der Waals surface area contributed by atoms with E-state index in [0.717, 1.165) is 11.0 Å². The monoisotopic (exact) mass is 266 g/mol. The van der Waals surface area contributed by atoms with Crippen molar-refractivity contribution in [2.45, 2.75) is 0 Å². The Hall–Kier alpha value is -1.51. The van der Waals surface area contributed by atoms with Gasteiger partial charge in [-0.1, -0.05) is 17.7 Å². The maximum absolute atomic E-state index is 9.95. The summed E-state index contributed by atoms with van der Waals surface area (Å²) in [5, 5.41) is 11.2. The maximum Gasteiger partial charge on any atom is 0.223 e. The van der Waals surface area contributed by atoms with Crippen molar-refractivity contribution in [1.82, 2.24) is 0 Å². The molecule has 0 amide bonds. The average Bonchev–Trinajstić information content (AvgIpc) is 2.29. The first-order valence-electron chi connectivity index (χ1n) is 4.98. The molecule has 0 radical (unpaired) electrons. The molecule has 0 atom stereocenters. The Kier molecular flexibility index (Phi) is 3.09. The van der Waals surface area contributed by atoms with Crippen LogP contribution < -0.4 is 4.40 Å². The number of aromatic nitrogens is 1. The van der Waals surface area contributed by atoms with E-state index in [4.69, 9.17) is 11.6 Å². The molecule has 0 saturated heterocycles. The van der Waals surface area contributed by atoms with Crippen LogP contribution in [-0.2, 0) is 0 Å². The van der Waals surface area contributed by atoms with Crippen LogP contribution in [0.15, 0.2) is 48.7 Å². The third kappa shape index (κ3) is 1.79. The van der Waals surface area contributed by atoms with Crippen molar-refractivity contribution in [3.63, 3.8) is 0 Å². The Labute approximate surface area is 109 Å². The highest BCUT2D eigenvalue weighted by molar-refractivity contribution is 6.35. The van der Waals surface area contributed by atoms with E-state index in [1.165, 1.54) is 0 Å². The van der Waals surface area contributed by atoms with E-state index in [1.54, 1.807) is 12.1 Å². The molecule has 2 heterocycles. The molecule has 3 rings (SSSR count). The number of pyridine rings is 2. The molecular weight excluding hydrogens is 257 g/mol. The Morgan fingerprint density at radius 1 is 1.06 bits per heavy atom. The van der Waals surface area contributed by atoms with E-state index in [2.05, 4.69) is 0 Å². The van der Waals surface area contributed by atoms with Gasteiger partial charge in [0.1, 0.15) is 11.1 Å². The predicted octanol–water partition coefficient (Wildman–Crippen LogP) is 3.36. The summed E-state index contributed by atoms with van der Waals surface area (Å²) < 4.78 is 2.00. The third-order valence-electron chi connectivity index (χ3n) is 2.68. The van der Waals surface area contributed by atoms with E-state index in [0.29, 0.717) is 10.4 Å². The van der Waals surface area contributed by atoms with E-state index in [1.807, 2.05) is 40.9 Å². The van der Waals surface area contributed by atoms with E-state index >= 15 is 0 Å². The van der Waals surface area contributed by atoms with Gasteiger partial charge in [-0.2, -0.15) is 4.40 Å². The Morgan fingerprint density at radius 3 is 2.71 bits per heavy atom. The van der Waals surface area contributed by atoms with E-state index in [9.17, 15) is 5.11 Å². The molecule has 2 nitrogen and oxygen atoms in total. The van der Waals surface area contributed by atoms with E-state index in [-0.39, 0.29) is 18.2 Å². The molecule has 0 aliphatic rings. The van der Waals surface area contributed by atoms with E-state index < -0.39 is 0 Å². The van der Waals surface area contributed by atoms with Gasteiger partial charge in [0.05, 0.1) is 11.1 Å². The number of fused-ring (bicyclic) bond motifs is 3. The Balaban J connectivity index is 0.00000108. The molecule has 1 aromatic carbocycles. The van der Waals surface area contributed by atoms with Crippen molar-refractivity contribution in [3.05, 3.63) is 53.7 Å². The van der Waals surface area contributed by atoms with Crippen LogP contribution in [0.3, 0.4) is 0 Å². The lowest BCUT2D eigenvalue weighted by Gasteiger charge is -2.01. The van der Waals surface area contributed by atoms with Gasteiger partial charge >= 0.3 is 0 Å². The molecule has 0 bridgehead atoms. The molecule has 0 aliphatic heterocycles. The number of hydrogen-bond donors (Lipinski definition) is 1. The molecule has 2 aromatic heterocycles. The molecule has 0 fully saturated rings. The van der Waals surface area contributed by atoms with Crippen LogP contribution in [0.25, 0.3) is 16.4 Å². The van der Waals surface area contributed by atoms with Crippen LogP contribution in [0, 0.1) is 0 Å². The van der Waals surface area contributed by atoms with Gasteiger partial charge in [0.2, 0.25) is 11.0 Å². The summed E-state index contributed by atoms with van der Waals surface area (Å²) in [5.41, 5.74) is 1.85. The highest BCUT2D eigenvalue weighted by Crippen LogP contribution is 2.29. The summed E-state index contributed by atoms with van der Waals surface area (Å²) in [7, 11) is 0. The third-order valence-corrected chi connectivity index (χ3v) is 3.00. The average molecular weight is 267 g/mol. The van der Waals surface area contributed by atoms with Crippen LogP contribution in [0.5, 0.6) is 5.75 Å². The summed E-state index contributed by atoms with van der Waals surface area (Å²) in [5.74, 6) is 0.215. The van der Waals surface area contributed by atoms with Crippen molar-refractivity contribution >= 4 is 40.4 Å². The molecule has 86 valence electrons. The quantitative estimate of drug-likeness (QED) is 0.490. The molecule has 0 aliphatic carbocycles. The number of halogens is 2. The van der Waals surface area contributed by atoms with Crippen LogP contribution in [0.4, 0.5) is 0 Å². The second kappa shape index (κ2) is 4.40. The van der Waals surface area contributed by atoms with Gasteiger partial charge in [-0.3, -0.25) is 0 Å². The summed E-state index contributed by atoms with van der Waals surface area (Å²) >= 11 is 6.09. The molecule has 17 heavy (non-hydrogen) atoms. The summed E-state index contributed by atoms with van der Waals surface area (Å²) in [6, 6.07) is 13.1. The number of benzene rings is 1. The van der Waals surface area contributed by atoms with Crippen LogP contribution in [-0.4, -0.2) is 5.11 Å². The number of rotatable bonds is 0. The topological polar surface area (TPSA) is 24.3 Å². The van der Waals surface area contributed by atoms with Gasteiger partial charge in [-0.15, -0.1) is 12.4 Å². The van der Waals surface area contributed by atoms with Gasteiger partial charge in [0.25, 0.3) is 0 Å². The largest absolute Gasteiger partial charge is 0.507 e. The number of nitrogens with zero attached hydrogens (tertiary/aromatic N) is 1. The first-order valence-corrected chi connectivity index (χ1v) is 5.36. The van der Waals surface area contributed by atoms with Crippen molar-refractivity contribution in [1.29, 1.82) is 0 Å². The first-order chi connectivity index (χ1) is 7.77. The second-order valence-corrected chi connectivity index (χ2v) is 4.07. The normalized spacial score (nSPS) is 10.4. The van der Waals surface area contributed by atoms with Gasteiger partial charge < -0.3 is 5.11 Å². The van der Waals surface area contributed by atoms with Gasteiger partial charge in [-0.05, 0) is 12.1 Å². The van der Waals surface area contributed by atoms with Crippen molar-refractivity contribution in [3.8, 4) is 5.75 Å². The van der Waals surface area contributed by atoms with Crippen LogP contribution in [0.2, 0.25) is 5.02 Å². The maximum atomic E-state index is 9.95. The molecule has 0 spiro atoms. The standard InChI is InChI=1S/C13H8ClNO.ClH/c14-10-5-3-6-11-13(10)12(16)8-9-4-1-2-7-15(9)11;/h1-8H;1H/p+1. The minimum Gasteiger partial charge on any atom is -0.507 e. The van der Waals surface area contributed by atoms with Crippen molar-refractivity contribution in [2.75, 3.05) is 0 Å². The van der Waals surface area contributed by atoms with Crippen LogP contribution >= 0.6 is 24.0 Å². The first kappa shape index (κ1) is 12.0. The smallest absolute Gasteiger partial charge is 0.223 e. The zero-order valence-electron chi connectivity index (χ0n) is 8.80. The molecule has 1 N–H and O–H groups in total. The van der Waals surface area contributed by atoms with Gasteiger partial charge in [0.15, 0.2) is 6.20 Å². The van der Waals surface area contributed by atoms with Crippen LogP contribution in [0.1, 0.15) is 0 Å². The Bertz CT molecular complexity index is 697. The Morgan fingerprint density at radius 2 is 1.88 bits per heavy atom. The highest BCUT2D eigenvalue weighted by atomic mass is 35.5. The number of aromatic hydroxyl groups is 1. The summed E-state index contributed by atoms with van der Waals surface area (Å²) in [6.07, 6.45) is 1.95. The fraction of sp³-hybridized carbons (Fsp3) is 0. The molecule has 0 unspecified atom stereocenters. The minimum atomic E-state index is 0. The second-order valence-electron chi connectivity index (χ2n) is 3.66. The zero-order chi connectivity index (χ0) is 11.1. The molecular formula is C13H10Cl2NO+. The fourth-order valence-corrected chi connectivity index (χ4v) is 2.24. The zero-order valence-corrected chi connectivity index (χ0v) is 10.4.